The summed E-state index contributed by atoms with van der Waals surface area (Å²) in [5.74, 6) is 0. The third-order valence-corrected chi connectivity index (χ3v) is 1.99. The Labute approximate surface area is 78.3 Å². The van der Waals surface area contributed by atoms with Gasteiger partial charge in [-0.05, 0) is 25.0 Å². The van der Waals surface area contributed by atoms with E-state index >= 15 is 0 Å². The molecule has 0 bridgehead atoms. The molecule has 0 N–H and O–H groups in total. The zero-order valence-electron chi connectivity index (χ0n) is 7.43. The van der Waals surface area contributed by atoms with Crippen molar-refractivity contribution in [1.82, 2.24) is 0 Å². The van der Waals surface area contributed by atoms with Gasteiger partial charge in [0.05, 0.1) is 6.61 Å². The van der Waals surface area contributed by atoms with Crippen molar-refractivity contribution in [1.29, 1.82) is 0 Å². The molecule has 0 amide bonds. The van der Waals surface area contributed by atoms with Crippen LogP contribution in [0.15, 0.2) is 18.2 Å². The summed E-state index contributed by atoms with van der Waals surface area (Å²) in [6, 6.07) is 6.57. The second-order valence-corrected chi connectivity index (χ2v) is 3.11. The van der Waals surface area contributed by atoms with Gasteiger partial charge in [-0.1, -0.05) is 35.4 Å². The molecule has 0 unspecified atom stereocenters. The lowest BCUT2D eigenvalue weighted by Gasteiger charge is -2.05. The van der Waals surface area contributed by atoms with Gasteiger partial charge in [-0.25, -0.2) is 0 Å². The van der Waals surface area contributed by atoms with Crippen molar-refractivity contribution in [3.8, 4) is 0 Å². The van der Waals surface area contributed by atoms with Gasteiger partial charge in [0.25, 0.3) is 0 Å². The van der Waals surface area contributed by atoms with E-state index in [1.54, 1.807) is 0 Å². The van der Waals surface area contributed by atoms with Crippen LogP contribution in [0, 0.1) is 13.8 Å². The van der Waals surface area contributed by atoms with Crippen LogP contribution in [0.5, 0.6) is 0 Å². The molecule has 0 aliphatic heterocycles. The van der Waals surface area contributed by atoms with Gasteiger partial charge in [0.1, 0.15) is 6.07 Å². The third-order valence-electron chi connectivity index (χ3n) is 1.83. The third kappa shape index (κ3) is 2.50. The molecule has 1 aromatic rings. The summed E-state index contributed by atoms with van der Waals surface area (Å²) < 4.78 is 5.11. The molecule has 0 radical (unpaired) electrons. The molecule has 1 rings (SSSR count). The Morgan fingerprint density at radius 1 is 1.33 bits per heavy atom. The summed E-state index contributed by atoms with van der Waals surface area (Å²) in [6.07, 6.45) is 0. The number of alkyl halides is 1. The van der Waals surface area contributed by atoms with Gasteiger partial charge in [-0.2, -0.15) is 0 Å². The Bertz CT molecular complexity index is 258. The zero-order chi connectivity index (χ0) is 8.97. The number of hydrogen-bond acceptors (Lipinski definition) is 1. The Morgan fingerprint density at radius 2 is 2.08 bits per heavy atom. The maximum atomic E-state index is 5.41. The molecule has 12 heavy (non-hydrogen) atoms. The van der Waals surface area contributed by atoms with Crippen molar-refractivity contribution in [2.75, 3.05) is 6.07 Å². The van der Waals surface area contributed by atoms with E-state index in [9.17, 15) is 0 Å². The fourth-order valence-corrected chi connectivity index (χ4v) is 1.23. The van der Waals surface area contributed by atoms with Gasteiger partial charge in [0.2, 0.25) is 0 Å². The van der Waals surface area contributed by atoms with E-state index in [0.29, 0.717) is 6.61 Å². The van der Waals surface area contributed by atoms with Crippen molar-refractivity contribution in [3.05, 3.63) is 34.9 Å². The Balaban J connectivity index is 2.72. The molecule has 66 valence electrons. The van der Waals surface area contributed by atoms with Crippen molar-refractivity contribution in [3.63, 3.8) is 0 Å². The summed E-state index contributed by atoms with van der Waals surface area (Å²) in [6.45, 7) is 4.77. The Hall–Kier alpha value is -0.530. The molecule has 0 heterocycles. The summed E-state index contributed by atoms with van der Waals surface area (Å²) in [5.41, 5.74) is 3.75. The highest BCUT2D eigenvalue weighted by Gasteiger charge is 1.97. The van der Waals surface area contributed by atoms with Gasteiger partial charge >= 0.3 is 0 Å². The molecular formula is C10H13ClO. The SMILES string of the molecule is Cc1ccc(COCCl)c(C)c1. The highest BCUT2D eigenvalue weighted by Crippen LogP contribution is 2.11. The van der Waals surface area contributed by atoms with Crippen LogP contribution in [0.2, 0.25) is 0 Å². The van der Waals surface area contributed by atoms with Gasteiger partial charge in [-0.3, -0.25) is 0 Å². The van der Waals surface area contributed by atoms with Crippen LogP contribution in [-0.2, 0) is 11.3 Å². The van der Waals surface area contributed by atoms with Crippen LogP contribution in [-0.4, -0.2) is 6.07 Å². The molecule has 0 atom stereocenters. The molecule has 1 aromatic carbocycles. The van der Waals surface area contributed by atoms with Gasteiger partial charge in [-0.15, -0.1) is 0 Å². The topological polar surface area (TPSA) is 9.23 Å². The molecule has 0 aliphatic carbocycles. The van der Waals surface area contributed by atoms with Gasteiger partial charge < -0.3 is 4.74 Å². The first kappa shape index (κ1) is 9.56. The van der Waals surface area contributed by atoms with E-state index in [4.69, 9.17) is 16.3 Å². The minimum Gasteiger partial charge on any atom is -0.361 e. The standard InChI is InChI=1S/C10H13ClO/c1-8-3-4-10(6-12-7-11)9(2)5-8/h3-5H,6-7H2,1-2H3. The summed E-state index contributed by atoms with van der Waals surface area (Å²) in [7, 11) is 0. The number of aryl methyl sites for hydroxylation is 2. The number of benzene rings is 1. The fraction of sp³-hybridized carbons (Fsp3) is 0.400. The van der Waals surface area contributed by atoms with E-state index in [1.807, 2.05) is 0 Å². The predicted octanol–water partition coefficient (Wildman–Crippen LogP) is 3.02. The molecule has 0 saturated heterocycles. The number of rotatable bonds is 3. The number of halogens is 1. The monoisotopic (exact) mass is 184 g/mol. The maximum absolute atomic E-state index is 5.41. The lowest BCUT2D eigenvalue weighted by Crippen LogP contribution is -1.93. The largest absolute Gasteiger partial charge is 0.361 e. The van der Waals surface area contributed by atoms with E-state index in [0.717, 1.165) is 0 Å². The second-order valence-electron chi connectivity index (χ2n) is 2.89. The normalized spacial score (nSPS) is 10.2. The van der Waals surface area contributed by atoms with Crippen LogP contribution < -0.4 is 0 Å². The Morgan fingerprint density at radius 3 is 2.67 bits per heavy atom. The van der Waals surface area contributed by atoms with Crippen LogP contribution in [0.25, 0.3) is 0 Å². The zero-order valence-corrected chi connectivity index (χ0v) is 8.19. The molecule has 0 fully saturated rings. The van der Waals surface area contributed by atoms with Crippen LogP contribution in [0.1, 0.15) is 16.7 Å². The van der Waals surface area contributed by atoms with Crippen molar-refractivity contribution in [2.24, 2.45) is 0 Å². The quantitative estimate of drug-likeness (QED) is 0.657. The average molecular weight is 185 g/mol. The first-order chi connectivity index (χ1) is 5.74. The van der Waals surface area contributed by atoms with E-state index in [-0.39, 0.29) is 6.07 Å². The minimum atomic E-state index is 0.257. The smallest absolute Gasteiger partial charge is 0.121 e. The molecule has 1 nitrogen and oxygen atoms in total. The molecule has 0 saturated carbocycles. The lowest BCUT2D eigenvalue weighted by molar-refractivity contribution is 0.165. The molecule has 0 spiro atoms. The van der Waals surface area contributed by atoms with Crippen LogP contribution in [0.4, 0.5) is 0 Å². The Kier molecular flexibility index (Phi) is 3.57. The van der Waals surface area contributed by atoms with E-state index in [2.05, 4.69) is 32.0 Å². The molecule has 2 heteroatoms. The van der Waals surface area contributed by atoms with Crippen molar-refractivity contribution in [2.45, 2.75) is 20.5 Å². The summed E-state index contributed by atoms with van der Waals surface area (Å²) >= 11 is 5.41. The van der Waals surface area contributed by atoms with E-state index in [1.165, 1.54) is 16.7 Å². The second kappa shape index (κ2) is 4.48. The lowest BCUT2D eigenvalue weighted by atomic mass is 10.1. The van der Waals surface area contributed by atoms with Crippen molar-refractivity contribution < 1.29 is 4.74 Å². The maximum Gasteiger partial charge on any atom is 0.121 e. The van der Waals surface area contributed by atoms with Gasteiger partial charge in [0.15, 0.2) is 0 Å². The molecule has 0 aromatic heterocycles. The van der Waals surface area contributed by atoms with Crippen LogP contribution >= 0.6 is 11.6 Å². The fourth-order valence-electron chi connectivity index (χ4n) is 1.16. The number of ether oxygens (including phenoxy) is 1. The summed E-state index contributed by atoms with van der Waals surface area (Å²) in [5, 5.41) is 0. The van der Waals surface area contributed by atoms with Crippen LogP contribution in [0.3, 0.4) is 0 Å². The summed E-state index contributed by atoms with van der Waals surface area (Å²) in [4.78, 5) is 0. The van der Waals surface area contributed by atoms with Gasteiger partial charge in [0, 0.05) is 0 Å². The predicted molar refractivity (Wildman–Crippen MR) is 51.4 cm³/mol. The highest BCUT2D eigenvalue weighted by molar-refractivity contribution is 6.17. The minimum absolute atomic E-state index is 0.257. The first-order valence-electron chi connectivity index (χ1n) is 3.94. The van der Waals surface area contributed by atoms with E-state index < -0.39 is 0 Å². The van der Waals surface area contributed by atoms with Crippen molar-refractivity contribution >= 4 is 11.6 Å². The molecular weight excluding hydrogens is 172 g/mol. The number of hydrogen-bond donors (Lipinski definition) is 0. The average Bonchev–Trinajstić information content (AvgIpc) is 2.03. The first-order valence-corrected chi connectivity index (χ1v) is 4.47. The molecule has 0 aliphatic rings. The highest BCUT2D eigenvalue weighted by atomic mass is 35.5.